The van der Waals surface area contributed by atoms with Crippen molar-refractivity contribution in [3.63, 3.8) is 0 Å². The summed E-state index contributed by atoms with van der Waals surface area (Å²) in [7, 11) is 0. The largest absolute Gasteiger partial charge is 0.299 e. The van der Waals surface area contributed by atoms with E-state index in [4.69, 9.17) is 0 Å². The number of aldehydes is 1. The second kappa shape index (κ2) is 4.35. The fourth-order valence-electron chi connectivity index (χ4n) is 2.21. The van der Waals surface area contributed by atoms with E-state index in [1.807, 2.05) is 60.8 Å². The first-order valence-corrected chi connectivity index (χ1v) is 6.20. The Morgan fingerprint density at radius 1 is 1.05 bits per heavy atom. The maximum Gasteiger partial charge on any atom is 0.170 e. The quantitative estimate of drug-likeness (QED) is 0.653. The highest BCUT2D eigenvalue weighted by atomic mass is 16.1. The van der Waals surface area contributed by atoms with Gasteiger partial charge >= 0.3 is 0 Å². The van der Waals surface area contributed by atoms with E-state index in [2.05, 4.69) is 4.98 Å². The molecule has 0 unspecified atom stereocenters. The summed E-state index contributed by atoms with van der Waals surface area (Å²) >= 11 is 0. The number of imidazole rings is 1. The van der Waals surface area contributed by atoms with Crippen molar-refractivity contribution in [2.24, 2.45) is 0 Å². The van der Waals surface area contributed by atoms with E-state index in [-0.39, 0.29) is 0 Å². The van der Waals surface area contributed by atoms with Crippen LogP contribution in [0.3, 0.4) is 0 Å². The topological polar surface area (TPSA) is 34.4 Å². The number of fused-ring (bicyclic) bond motifs is 1. The molecule has 0 aliphatic heterocycles. The Balaban J connectivity index is 2.29. The number of aromatic nitrogens is 2. The number of carbonyl (C=O) groups is 1. The molecule has 0 radical (unpaired) electrons. The van der Waals surface area contributed by atoms with E-state index < -0.39 is 0 Å². The summed E-state index contributed by atoms with van der Waals surface area (Å²) in [6.07, 6.45) is 2.77. The lowest BCUT2D eigenvalue weighted by Gasteiger charge is -2.02. The zero-order valence-corrected chi connectivity index (χ0v) is 10.9. The van der Waals surface area contributed by atoms with Crippen molar-refractivity contribution in [3.8, 4) is 11.4 Å². The van der Waals surface area contributed by atoms with Crippen LogP contribution in [0.25, 0.3) is 16.9 Å². The van der Waals surface area contributed by atoms with Gasteiger partial charge in [0, 0.05) is 11.8 Å². The van der Waals surface area contributed by atoms with Crippen molar-refractivity contribution in [2.45, 2.75) is 13.8 Å². The van der Waals surface area contributed by atoms with E-state index in [1.54, 1.807) is 0 Å². The van der Waals surface area contributed by atoms with Crippen molar-refractivity contribution in [1.82, 2.24) is 9.38 Å². The van der Waals surface area contributed by atoms with Crippen LogP contribution in [0.15, 0.2) is 42.6 Å². The SMILES string of the molecule is Cc1ccc(-c2nc(C=O)c3cc(C)ccn23)cc1. The molecule has 0 atom stereocenters. The number of pyridine rings is 1. The predicted octanol–water partition coefficient (Wildman–Crippen LogP) is 3.43. The first-order valence-electron chi connectivity index (χ1n) is 6.20. The van der Waals surface area contributed by atoms with Crippen molar-refractivity contribution < 1.29 is 4.79 Å². The lowest BCUT2D eigenvalue weighted by atomic mass is 10.1. The average molecular weight is 250 g/mol. The molecule has 2 aromatic heterocycles. The normalized spacial score (nSPS) is 10.8. The minimum absolute atomic E-state index is 0.485. The van der Waals surface area contributed by atoms with Crippen molar-refractivity contribution in [2.75, 3.05) is 0 Å². The van der Waals surface area contributed by atoms with Crippen LogP contribution in [-0.2, 0) is 0 Å². The van der Waals surface area contributed by atoms with Gasteiger partial charge in [-0.2, -0.15) is 0 Å². The van der Waals surface area contributed by atoms with Crippen LogP contribution in [0, 0.1) is 13.8 Å². The summed E-state index contributed by atoms with van der Waals surface area (Å²) in [5.74, 6) is 0.803. The molecule has 0 amide bonds. The lowest BCUT2D eigenvalue weighted by molar-refractivity contribution is 0.112. The van der Waals surface area contributed by atoms with Gasteiger partial charge in [-0.15, -0.1) is 0 Å². The molecule has 1 aromatic carbocycles. The second-order valence-corrected chi connectivity index (χ2v) is 4.76. The van der Waals surface area contributed by atoms with E-state index in [1.165, 1.54) is 5.56 Å². The smallest absolute Gasteiger partial charge is 0.170 e. The Kier molecular flexibility index (Phi) is 2.67. The number of aryl methyl sites for hydroxylation is 2. The molecule has 3 aromatic rings. The monoisotopic (exact) mass is 250 g/mol. The third kappa shape index (κ3) is 1.93. The van der Waals surface area contributed by atoms with Crippen molar-refractivity contribution in [3.05, 3.63) is 59.4 Å². The molecule has 0 saturated heterocycles. The molecule has 0 fully saturated rings. The van der Waals surface area contributed by atoms with Gasteiger partial charge < -0.3 is 0 Å². The van der Waals surface area contributed by atoms with E-state index in [9.17, 15) is 4.79 Å². The number of carbonyl (C=O) groups excluding carboxylic acids is 1. The summed E-state index contributed by atoms with van der Waals surface area (Å²) < 4.78 is 1.96. The highest BCUT2D eigenvalue weighted by Gasteiger charge is 2.11. The maximum atomic E-state index is 11.2. The maximum absolute atomic E-state index is 11.2. The summed E-state index contributed by atoms with van der Waals surface area (Å²) in [6.45, 7) is 4.06. The van der Waals surface area contributed by atoms with Gasteiger partial charge in [0.2, 0.25) is 0 Å². The van der Waals surface area contributed by atoms with Crippen LogP contribution in [0.5, 0.6) is 0 Å². The molecule has 0 spiro atoms. The van der Waals surface area contributed by atoms with Crippen LogP contribution in [-0.4, -0.2) is 15.7 Å². The Bertz CT molecular complexity index is 754. The van der Waals surface area contributed by atoms with Crippen LogP contribution < -0.4 is 0 Å². The van der Waals surface area contributed by atoms with Gasteiger partial charge in [-0.1, -0.05) is 29.8 Å². The fraction of sp³-hybridized carbons (Fsp3) is 0.125. The molecule has 0 aliphatic carbocycles. The Morgan fingerprint density at radius 3 is 2.47 bits per heavy atom. The molecule has 3 nitrogen and oxygen atoms in total. The number of benzene rings is 1. The molecule has 0 bridgehead atoms. The first kappa shape index (κ1) is 11.7. The van der Waals surface area contributed by atoms with Crippen molar-refractivity contribution in [1.29, 1.82) is 0 Å². The second-order valence-electron chi connectivity index (χ2n) is 4.76. The minimum atomic E-state index is 0.485. The highest BCUT2D eigenvalue weighted by Crippen LogP contribution is 2.23. The third-order valence-corrected chi connectivity index (χ3v) is 3.25. The number of hydrogen-bond donors (Lipinski definition) is 0. The summed E-state index contributed by atoms with van der Waals surface area (Å²) in [4.78, 5) is 15.6. The van der Waals surface area contributed by atoms with Crippen molar-refractivity contribution >= 4 is 11.8 Å². The summed E-state index contributed by atoms with van der Waals surface area (Å²) in [6, 6.07) is 12.1. The molecule has 94 valence electrons. The van der Waals surface area contributed by atoms with Crippen LogP contribution in [0.2, 0.25) is 0 Å². The molecular formula is C16H14N2O. The van der Waals surface area contributed by atoms with Crippen LogP contribution >= 0.6 is 0 Å². The molecule has 0 N–H and O–H groups in total. The van der Waals surface area contributed by atoms with E-state index >= 15 is 0 Å². The van der Waals surface area contributed by atoms with Crippen LogP contribution in [0.1, 0.15) is 21.6 Å². The molecule has 3 heteroatoms. The van der Waals surface area contributed by atoms with Gasteiger partial charge in [0.05, 0.1) is 5.52 Å². The minimum Gasteiger partial charge on any atom is -0.299 e. The molecular weight excluding hydrogens is 236 g/mol. The lowest BCUT2D eigenvalue weighted by Crippen LogP contribution is -1.89. The molecule has 0 aliphatic rings. The molecule has 2 heterocycles. The number of nitrogens with zero attached hydrogens (tertiary/aromatic N) is 2. The predicted molar refractivity (Wildman–Crippen MR) is 75.5 cm³/mol. The zero-order valence-electron chi connectivity index (χ0n) is 10.9. The molecule has 19 heavy (non-hydrogen) atoms. The van der Waals surface area contributed by atoms with Gasteiger partial charge in [-0.25, -0.2) is 4.98 Å². The molecule has 0 saturated carbocycles. The van der Waals surface area contributed by atoms with E-state index in [0.29, 0.717) is 5.69 Å². The summed E-state index contributed by atoms with van der Waals surface area (Å²) in [5.41, 5.74) is 4.67. The Hall–Kier alpha value is -2.42. The van der Waals surface area contributed by atoms with Gasteiger partial charge in [0.1, 0.15) is 11.5 Å². The van der Waals surface area contributed by atoms with Gasteiger partial charge in [0.25, 0.3) is 0 Å². The van der Waals surface area contributed by atoms with Gasteiger partial charge in [0.15, 0.2) is 6.29 Å². The van der Waals surface area contributed by atoms with Gasteiger partial charge in [-0.3, -0.25) is 9.20 Å². The third-order valence-electron chi connectivity index (χ3n) is 3.25. The first-order chi connectivity index (χ1) is 9.19. The fourth-order valence-corrected chi connectivity index (χ4v) is 2.21. The highest BCUT2D eigenvalue weighted by molar-refractivity contribution is 5.86. The summed E-state index contributed by atoms with van der Waals surface area (Å²) in [5, 5.41) is 0. The average Bonchev–Trinajstić information content (AvgIpc) is 2.77. The number of hydrogen-bond acceptors (Lipinski definition) is 2. The van der Waals surface area contributed by atoms with Gasteiger partial charge in [-0.05, 0) is 31.5 Å². The standard InChI is InChI=1S/C16H14N2O/c1-11-3-5-13(6-4-11)16-17-14(10-19)15-9-12(2)7-8-18(15)16/h3-10H,1-2H3. The van der Waals surface area contributed by atoms with E-state index in [0.717, 1.165) is 28.8 Å². The Labute approximate surface area is 111 Å². The molecule has 3 rings (SSSR count). The Morgan fingerprint density at radius 2 is 1.79 bits per heavy atom. The number of rotatable bonds is 2. The van der Waals surface area contributed by atoms with Crippen LogP contribution in [0.4, 0.5) is 0 Å². The zero-order chi connectivity index (χ0) is 13.4.